The predicted octanol–water partition coefficient (Wildman–Crippen LogP) is 2.61. The molecule has 2 rings (SSSR count). The number of hydrogen-bond donors (Lipinski definition) is 1. The Bertz CT molecular complexity index is 248. The molecule has 100 valence electrons. The van der Waals surface area contributed by atoms with Crippen LogP contribution in [0.5, 0.6) is 0 Å². The molecule has 17 heavy (non-hydrogen) atoms. The molecule has 0 bridgehead atoms. The summed E-state index contributed by atoms with van der Waals surface area (Å²) in [5.41, 5.74) is 0.208. The van der Waals surface area contributed by atoms with Crippen molar-refractivity contribution in [3.05, 3.63) is 0 Å². The molecule has 0 aromatic heterocycles. The topological polar surface area (TPSA) is 23.5 Å². The fourth-order valence-corrected chi connectivity index (χ4v) is 4.70. The fraction of sp³-hybridized carbons (Fsp3) is 1.00. The van der Waals surface area contributed by atoms with Crippen molar-refractivity contribution in [1.29, 1.82) is 0 Å². The van der Waals surface area contributed by atoms with Crippen LogP contribution >= 0.6 is 11.8 Å². The first-order valence-electron chi connectivity index (χ1n) is 7.08. The highest BCUT2D eigenvalue weighted by Gasteiger charge is 2.36. The van der Waals surface area contributed by atoms with Crippen molar-refractivity contribution >= 4 is 11.8 Å². The third-order valence-electron chi connectivity index (χ3n) is 4.41. The Kier molecular flexibility index (Phi) is 4.79. The van der Waals surface area contributed by atoms with E-state index in [1.54, 1.807) is 0 Å². The number of rotatable bonds is 3. The van der Waals surface area contributed by atoms with E-state index in [-0.39, 0.29) is 5.41 Å². The number of aliphatic hydroxyl groups is 1. The molecule has 1 saturated carbocycles. The molecule has 0 spiro atoms. The summed E-state index contributed by atoms with van der Waals surface area (Å²) in [6.45, 7) is 8.60. The Balaban J connectivity index is 1.93. The van der Waals surface area contributed by atoms with E-state index in [1.165, 1.54) is 44.5 Å². The molecule has 1 aliphatic carbocycles. The normalized spacial score (nSPS) is 40.4. The minimum Gasteiger partial charge on any atom is -0.396 e. The first-order chi connectivity index (χ1) is 8.13. The monoisotopic (exact) mass is 257 g/mol. The van der Waals surface area contributed by atoms with Gasteiger partial charge in [0.25, 0.3) is 0 Å². The molecular formula is C14H27NOS. The van der Waals surface area contributed by atoms with Gasteiger partial charge in [-0.1, -0.05) is 26.7 Å². The van der Waals surface area contributed by atoms with Crippen LogP contribution in [0.3, 0.4) is 0 Å². The van der Waals surface area contributed by atoms with Crippen LogP contribution in [0.1, 0.15) is 39.5 Å². The second-order valence-corrected chi connectivity index (χ2v) is 7.82. The Morgan fingerprint density at radius 3 is 2.88 bits per heavy atom. The van der Waals surface area contributed by atoms with Crippen LogP contribution in [0.25, 0.3) is 0 Å². The van der Waals surface area contributed by atoms with Gasteiger partial charge < -0.3 is 10.0 Å². The van der Waals surface area contributed by atoms with E-state index in [2.05, 4.69) is 30.5 Å². The molecule has 3 unspecified atom stereocenters. The SMILES string of the molecule is CC1CCCC(CO)(CN2CCSC(C)C2)C1. The summed E-state index contributed by atoms with van der Waals surface area (Å²) in [4.78, 5) is 2.59. The van der Waals surface area contributed by atoms with E-state index in [9.17, 15) is 5.11 Å². The highest BCUT2D eigenvalue weighted by Crippen LogP contribution is 2.40. The van der Waals surface area contributed by atoms with E-state index in [4.69, 9.17) is 0 Å². The van der Waals surface area contributed by atoms with Crippen molar-refractivity contribution < 1.29 is 5.11 Å². The van der Waals surface area contributed by atoms with Crippen LogP contribution in [-0.2, 0) is 0 Å². The van der Waals surface area contributed by atoms with E-state index in [0.29, 0.717) is 6.61 Å². The third-order valence-corrected chi connectivity index (χ3v) is 5.54. The van der Waals surface area contributed by atoms with Crippen molar-refractivity contribution in [2.75, 3.05) is 32.0 Å². The van der Waals surface area contributed by atoms with Crippen molar-refractivity contribution in [1.82, 2.24) is 4.90 Å². The average Bonchev–Trinajstić information content (AvgIpc) is 2.29. The summed E-state index contributed by atoms with van der Waals surface area (Å²) >= 11 is 2.09. The molecule has 1 N–H and O–H groups in total. The van der Waals surface area contributed by atoms with Crippen LogP contribution < -0.4 is 0 Å². The zero-order valence-corrected chi connectivity index (χ0v) is 12.1. The molecule has 3 heteroatoms. The second-order valence-electron chi connectivity index (χ2n) is 6.28. The lowest BCUT2D eigenvalue weighted by molar-refractivity contribution is 0.0251. The number of nitrogens with zero attached hydrogens (tertiary/aromatic N) is 1. The molecule has 0 aromatic rings. The van der Waals surface area contributed by atoms with Gasteiger partial charge in [0.15, 0.2) is 0 Å². The lowest BCUT2D eigenvalue weighted by atomic mass is 9.70. The molecule has 1 saturated heterocycles. The quantitative estimate of drug-likeness (QED) is 0.841. The van der Waals surface area contributed by atoms with Crippen molar-refractivity contribution in [3.8, 4) is 0 Å². The number of thioether (sulfide) groups is 1. The zero-order chi connectivity index (χ0) is 12.3. The average molecular weight is 257 g/mol. The van der Waals surface area contributed by atoms with Crippen LogP contribution in [0.4, 0.5) is 0 Å². The maximum Gasteiger partial charge on any atom is 0.0499 e. The molecule has 2 aliphatic rings. The second kappa shape index (κ2) is 5.94. The first-order valence-corrected chi connectivity index (χ1v) is 8.13. The van der Waals surface area contributed by atoms with E-state index in [1.807, 2.05) is 0 Å². The summed E-state index contributed by atoms with van der Waals surface area (Å²) in [5, 5.41) is 10.6. The van der Waals surface area contributed by atoms with E-state index >= 15 is 0 Å². The minimum atomic E-state index is 0.208. The summed E-state index contributed by atoms with van der Waals surface area (Å²) < 4.78 is 0. The Morgan fingerprint density at radius 1 is 1.41 bits per heavy atom. The van der Waals surface area contributed by atoms with Gasteiger partial charge in [-0.25, -0.2) is 0 Å². The molecule has 1 aliphatic heterocycles. The van der Waals surface area contributed by atoms with Crippen LogP contribution in [0.2, 0.25) is 0 Å². The molecule has 0 radical (unpaired) electrons. The molecule has 2 nitrogen and oxygen atoms in total. The maximum atomic E-state index is 9.82. The predicted molar refractivity (Wildman–Crippen MR) is 75.5 cm³/mol. The number of hydrogen-bond acceptors (Lipinski definition) is 3. The van der Waals surface area contributed by atoms with Gasteiger partial charge in [0.1, 0.15) is 0 Å². The highest BCUT2D eigenvalue weighted by atomic mass is 32.2. The lowest BCUT2D eigenvalue weighted by Gasteiger charge is -2.43. The molecule has 3 atom stereocenters. The number of aliphatic hydroxyl groups excluding tert-OH is 1. The standard InChI is InChI=1S/C14H27NOS/c1-12-4-3-5-14(8-12,11-16)10-15-6-7-17-13(2)9-15/h12-13,16H,3-11H2,1-2H3. The lowest BCUT2D eigenvalue weighted by Crippen LogP contribution is -2.47. The van der Waals surface area contributed by atoms with Gasteiger partial charge in [-0.3, -0.25) is 0 Å². The van der Waals surface area contributed by atoms with Crippen molar-refractivity contribution in [2.45, 2.75) is 44.8 Å². The largest absolute Gasteiger partial charge is 0.396 e. The van der Waals surface area contributed by atoms with E-state index < -0.39 is 0 Å². The zero-order valence-electron chi connectivity index (χ0n) is 11.3. The molecule has 2 fully saturated rings. The van der Waals surface area contributed by atoms with Gasteiger partial charge in [-0.15, -0.1) is 0 Å². The Labute approximate surface area is 110 Å². The van der Waals surface area contributed by atoms with E-state index in [0.717, 1.165) is 17.7 Å². The summed E-state index contributed by atoms with van der Waals surface area (Å²) in [6, 6.07) is 0. The van der Waals surface area contributed by atoms with Crippen molar-refractivity contribution in [2.24, 2.45) is 11.3 Å². The van der Waals surface area contributed by atoms with Crippen LogP contribution in [0.15, 0.2) is 0 Å². The van der Waals surface area contributed by atoms with Crippen LogP contribution in [0, 0.1) is 11.3 Å². The van der Waals surface area contributed by atoms with Gasteiger partial charge in [-0.05, 0) is 18.8 Å². The summed E-state index contributed by atoms with van der Waals surface area (Å²) in [6.07, 6.45) is 5.11. The summed E-state index contributed by atoms with van der Waals surface area (Å²) in [7, 11) is 0. The van der Waals surface area contributed by atoms with Gasteiger partial charge in [0.2, 0.25) is 0 Å². The van der Waals surface area contributed by atoms with Crippen molar-refractivity contribution in [3.63, 3.8) is 0 Å². The van der Waals surface area contributed by atoms with Crippen LogP contribution in [-0.4, -0.2) is 47.3 Å². The maximum absolute atomic E-state index is 9.82. The van der Waals surface area contributed by atoms with Gasteiger partial charge in [0, 0.05) is 42.7 Å². The fourth-order valence-electron chi connectivity index (χ4n) is 3.61. The smallest absolute Gasteiger partial charge is 0.0499 e. The highest BCUT2D eigenvalue weighted by molar-refractivity contribution is 7.99. The molecule has 0 aromatic carbocycles. The third kappa shape index (κ3) is 3.62. The van der Waals surface area contributed by atoms with Gasteiger partial charge in [0.05, 0.1) is 0 Å². The Hall–Kier alpha value is 0.270. The molecular weight excluding hydrogens is 230 g/mol. The molecule has 0 amide bonds. The van der Waals surface area contributed by atoms with Gasteiger partial charge in [-0.2, -0.15) is 11.8 Å². The summed E-state index contributed by atoms with van der Waals surface area (Å²) in [5.74, 6) is 2.06. The van der Waals surface area contributed by atoms with Gasteiger partial charge >= 0.3 is 0 Å². The Morgan fingerprint density at radius 2 is 2.24 bits per heavy atom. The first kappa shape index (κ1) is 13.7. The molecule has 1 heterocycles. The minimum absolute atomic E-state index is 0.208.